The predicted octanol–water partition coefficient (Wildman–Crippen LogP) is 1.42. The minimum absolute atomic E-state index is 0.169. The molecule has 0 aliphatic heterocycles. The van der Waals surface area contributed by atoms with Crippen LogP contribution in [0.1, 0.15) is 29.7 Å². The largest absolute Gasteiger partial charge is 0.345 e. The Labute approximate surface area is 108 Å². The van der Waals surface area contributed by atoms with Crippen molar-refractivity contribution < 1.29 is 13.6 Å². The maximum Gasteiger partial charge on any atom is 0.333 e. The molecule has 0 aliphatic rings. The topological polar surface area (TPSA) is 64.7 Å². The van der Waals surface area contributed by atoms with E-state index < -0.39 is 12.5 Å². The molecule has 0 spiro atoms. The fourth-order valence-corrected chi connectivity index (χ4v) is 1.71. The van der Waals surface area contributed by atoms with Gasteiger partial charge in [0.15, 0.2) is 0 Å². The van der Waals surface area contributed by atoms with Crippen molar-refractivity contribution in [3.05, 3.63) is 35.9 Å². The number of nitrogens with zero attached hydrogens (tertiary/aromatic N) is 4. The summed E-state index contributed by atoms with van der Waals surface area (Å²) in [4.78, 5) is 11.8. The van der Waals surface area contributed by atoms with E-state index in [1.54, 1.807) is 16.9 Å². The van der Waals surface area contributed by atoms with Crippen LogP contribution in [0.15, 0.2) is 24.5 Å². The Balaban J connectivity index is 2.04. The molecular weight excluding hydrogens is 256 g/mol. The van der Waals surface area contributed by atoms with Gasteiger partial charge in [0.2, 0.25) is 0 Å². The summed E-state index contributed by atoms with van der Waals surface area (Å²) in [6.45, 7) is -0.0183. The molecule has 2 aromatic heterocycles. The van der Waals surface area contributed by atoms with Gasteiger partial charge >= 0.3 is 6.55 Å². The normalized spacial score (nSPS) is 10.9. The second kappa shape index (κ2) is 5.59. The average molecular weight is 269 g/mol. The molecule has 0 unspecified atom stereocenters. The number of hydrogen-bond donors (Lipinski definition) is 1. The Hall–Kier alpha value is -2.25. The molecule has 6 nitrogen and oxygen atoms in total. The van der Waals surface area contributed by atoms with E-state index in [0.717, 1.165) is 11.9 Å². The van der Waals surface area contributed by atoms with Crippen molar-refractivity contribution >= 4 is 5.91 Å². The number of aryl methyl sites for hydroxylation is 1. The van der Waals surface area contributed by atoms with Gasteiger partial charge in [0.1, 0.15) is 5.69 Å². The summed E-state index contributed by atoms with van der Waals surface area (Å²) in [6, 6.07) is 3.01. The lowest BCUT2D eigenvalue weighted by Gasteiger charge is -2.08. The van der Waals surface area contributed by atoms with Gasteiger partial charge in [-0.3, -0.25) is 9.48 Å². The zero-order valence-electron chi connectivity index (χ0n) is 10.3. The zero-order valence-corrected chi connectivity index (χ0v) is 10.3. The first-order chi connectivity index (χ1) is 9.13. The van der Waals surface area contributed by atoms with Gasteiger partial charge in [0, 0.05) is 18.9 Å². The van der Waals surface area contributed by atoms with E-state index >= 15 is 0 Å². The van der Waals surface area contributed by atoms with Crippen molar-refractivity contribution in [2.75, 3.05) is 0 Å². The van der Waals surface area contributed by atoms with E-state index in [9.17, 15) is 13.6 Å². The van der Waals surface area contributed by atoms with E-state index in [0.29, 0.717) is 11.2 Å². The summed E-state index contributed by atoms with van der Waals surface area (Å²) < 4.78 is 27.2. The quantitative estimate of drug-likeness (QED) is 0.893. The Morgan fingerprint density at radius 1 is 1.37 bits per heavy atom. The van der Waals surface area contributed by atoms with E-state index in [1.165, 1.54) is 6.07 Å². The highest BCUT2D eigenvalue weighted by Crippen LogP contribution is 2.12. The second-order valence-electron chi connectivity index (χ2n) is 3.76. The van der Waals surface area contributed by atoms with Gasteiger partial charge in [0.05, 0.1) is 12.2 Å². The van der Waals surface area contributed by atoms with Gasteiger partial charge in [-0.05, 0) is 19.1 Å². The fourth-order valence-electron chi connectivity index (χ4n) is 1.71. The summed E-state index contributed by atoms with van der Waals surface area (Å²) >= 11 is 0. The molecule has 2 rings (SSSR count). The molecule has 0 atom stereocenters. The Morgan fingerprint density at radius 3 is 2.79 bits per heavy atom. The summed E-state index contributed by atoms with van der Waals surface area (Å²) in [7, 11) is 0. The number of aromatic nitrogens is 4. The van der Waals surface area contributed by atoms with Gasteiger partial charge in [0.25, 0.3) is 5.91 Å². The van der Waals surface area contributed by atoms with E-state index in [-0.39, 0.29) is 12.2 Å². The summed E-state index contributed by atoms with van der Waals surface area (Å²) in [5.74, 6) is -0.596. The maximum absolute atomic E-state index is 12.6. The molecule has 1 amide bonds. The lowest BCUT2D eigenvalue weighted by molar-refractivity contribution is 0.0509. The van der Waals surface area contributed by atoms with E-state index in [4.69, 9.17) is 0 Å². The Morgan fingerprint density at radius 2 is 2.11 bits per heavy atom. The summed E-state index contributed by atoms with van der Waals surface area (Å²) in [6.07, 6.45) is 2.78. The number of hydrogen-bond acceptors (Lipinski definition) is 3. The molecule has 0 saturated heterocycles. The molecule has 0 saturated carbocycles. The van der Waals surface area contributed by atoms with Crippen molar-refractivity contribution in [2.45, 2.75) is 26.6 Å². The number of halogens is 2. The van der Waals surface area contributed by atoms with Crippen molar-refractivity contribution in [1.82, 2.24) is 24.9 Å². The molecule has 19 heavy (non-hydrogen) atoms. The van der Waals surface area contributed by atoms with Crippen LogP contribution in [0.5, 0.6) is 0 Å². The van der Waals surface area contributed by atoms with Crippen molar-refractivity contribution in [3.8, 4) is 0 Å². The van der Waals surface area contributed by atoms with Crippen molar-refractivity contribution in [2.24, 2.45) is 0 Å². The third kappa shape index (κ3) is 2.78. The molecule has 1 N–H and O–H groups in total. The first kappa shape index (κ1) is 13.2. The number of nitrogens with one attached hydrogen (secondary N) is 1. The predicted molar refractivity (Wildman–Crippen MR) is 62.6 cm³/mol. The number of carbonyl (C=O) groups is 1. The average Bonchev–Trinajstić information content (AvgIpc) is 3.04. The molecule has 2 heterocycles. The van der Waals surface area contributed by atoms with Crippen LogP contribution >= 0.6 is 0 Å². The molecule has 0 aromatic carbocycles. The molecule has 2 aromatic rings. The van der Waals surface area contributed by atoms with Crippen molar-refractivity contribution in [1.29, 1.82) is 0 Å². The van der Waals surface area contributed by atoms with Gasteiger partial charge < -0.3 is 5.32 Å². The third-order valence-corrected chi connectivity index (χ3v) is 2.62. The molecule has 0 radical (unpaired) electrons. The van der Waals surface area contributed by atoms with Crippen LogP contribution < -0.4 is 5.32 Å². The summed E-state index contributed by atoms with van der Waals surface area (Å²) in [5.41, 5.74) is 0.636. The lowest BCUT2D eigenvalue weighted by Crippen LogP contribution is -2.27. The van der Waals surface area contributed by atoms with Gasteiger partial charge in [-0.2, -0.15) is 23.7 Å². The molecule has 102 valence electrons. The first-order valence-electron chi connectivity index (χ1n) is 5.74. The highest BCUT2D eigenvalue weighted by Gasteiger charge is 2.17. The number of carbonyl (C=O) groups excluding carboxylic acids is 1. The van der Waals surface area contributed by atoms with Crippen LogP contribution in [0.2, 0.25) is 0 Å². The first-order valence-corrected chi connectivity index (χ1v) is 5.74. The van der Waals surface area contributed by atoms with Crippen LogP contribution in [0.3, 0.4) is 0 Å². The third-order valence-electron chi connectivity index (χ3n) is 2.62. The maximum atomic E-state index is 12.6. The van der Waals surface area contributed by atoms with Crippen molar-refractivity contribution in [3.63, 3.8) is 0 Å². The number of rotatable bonds is 5. The van der Waals surface area contributed by atoms with Crippen LogP contribution in [0, 0.1) is 0 Å². The monoisotopic (exact) mass is 269 g/mol. The van der Waals surface area contributed by atoms with Gasteiger partial charge in [-0.15, -0.1) is 0 Å². The minimum atomic E-state index is -2.84. The smallest absolute Gasteiger partial charge is 0.333 e. The standard InChI is InChI=1S/C11H13F2N5O/c1-2-17-8(3-5-15-17)7-14-10(19)9-4-6-16-18(9)11(12)13/h3-6,11H,2,7H2,1H3,(H,14,19). The molecule has 0 aliphatic carbocycles. The summed E-state index contributed by atoms with van der Waals surface area (Å²) in [5, 5.41) is 10.0. The molecule has 0 fully saturated rings. The van der Waals surface area contributed by atoms with Crippen LogP contribution in [-0.4, -0.2) is 25.5 Å². The van der Waals surface area contributed by atoms with Crippen LogP contribution in [0.25, 0.3) is 0 Å². The SMILES string of the molecule is CCn1nccc1CNC(=O)c1ccnn1C(F)F. The molecular formula is C11H13F2N5O. The lowest BCUT2D eigenvalue weighted by atomic mass is 10.3. The van der Waals surface area contributed by atoms with Gasteiger partial charge in [-0.25, -0.2) is 0 Å². The fraction of sp³-hybridized carbons (Fsp3) is 0.364. The second-order valence-corrected chi connectivity index (χ2v) is 3.76. The van der Waals surface area contributed by atoms with Crippen LogP contribution in [-0.2, 0) is 13.1 Å². The highest BCUT2D eigenvalue weighted by atomic mass is 19.3. The Kier molecular flexibility index (Phi) is 3.88. The molecule has 0 bridgehead atoms. The highest BCUT2D eigenvalue weighted by molar-refractivity contribution is 5.92. The number of amides is 1. The number of alkyl halides is 2. The van der Waals surface area contributed by atoms with Crippen LogP contribution in [0.4, 0.5) is 8.78 Å². The Bertz CT molecular complexity index is 563. The van der Waals surface area contributed by atoms with E-state index in [2.05, 4.69) is 15.5 Å². The van der Waals surface area contributed by atoms with Gasteiger partial charge in [-0.1, -0.05) is 0 Å². The van der Waals surface area contributed by atoms with E-state index in [1.807, 2.05) is 6.92 Å². The zero-order chi connectivity index (χ0) is 13.8. The molecule has 8 heteroatoms. The minimum Gasteiger partial charge on any atom is -0.345 e.